The molecule has 21 heavy (non-hydrogen) atoms. The Morgan fingerprint density at radius 2 is 2.10 bits per heavy atom. The number of rotatable bonds is 6. The molecule has 0 aromatic heterocycles. The molecular formula is C15H24N2O3S. The number of hydrogen-bond acceptors (Lipinski definition) is 4. The molecule has 2 unspecified atom stereocenters. The van der Waals surface area contributed by atoms with Gasteiger partial charge in [0.1, 0.15) is 5.75 Å². The molecule has 0 bridgehead atoms. The fourth-order valence-electron chi connectivity index (χ4n) is 2.65. The van der Waals surface area contributed by atoms with Crippen LogP contribution in [0, 0.1) is 5.92 Å². The van der Waals surface area contributed by atoms with Gasteiger partial charge in [0.15, 0.2) is 0 Å². The standard InChI is InChI=1S/C15H24N2O3S/c1-12(14-5-7-15(20-2)8-6-14)17-21(18,19)11-13-4-3-9-16-10-13/h5-8,12-13,16-17H,3-4,9-11H2,1-2H3. The van der Waals surface area contributed by atoms with Crippen molar-refractivity contribution in [1.29, 1.82) is 0 Å². The second kappa shape index (κ2) is 7.24. The average molecular weight is 312 g/mol. The Balaban J connectivity index is 1.94. The van der Waals surface area contributed by atoms with E-state index in [1.54, 1.807) is 7.11 Å². The molecule has 1 heterocycles. The highest BCUT2D eigenvalue weighted by Gasteiger charge is 2.23. The van der Waals surface area contributed by atoms with Crippen LogP contribution in [-0.4, -0.2) is 34.4 Å². The monoisotopic (exact) mass is 312 g/mol. The zero-order valence-electron chi connectivity index (χ0n) is 12.6. The van der Waals surface area contributed by atoms with Crippen LogP contribution in [0.5, 0.6) is 5.75 Å². The molecule has 1 saturated heterocycles. The molecule has 5 nitrogen and oxygen atoms in total. The number of methoxy groups -OCH3 is 1. The summed E-state index contributed by atoms with van der Waals surface area (Å²) in [6.07, 6.45) is 2.03. The lowest BCUT2D eigenvalue weighted by atomic mass is 10.0. The first kappa shape index (κ1) is 16.3. The van der Waals surface area contributed by atoms with Gasteiger partial charge in [-0.2, -0.15) is 0 Å². The number of nitrogens with one attached hydrogen (secondary N) is 2. The summed E-state index contributed by atoms with van der Waals surface area (Å²) in [6, 6.07) is 7.20. The molecule has 0 aliphatic carbocycles. The van der Waals surface area contributed by atoms with Gasteiger partial charge >= 0.3 is 0 Å². The second-order valence-electron chi connectivity index (χ2n) is 5.61. The molecular weight excluding hydrogens is 288 g/mol. The van der Waals surface area contributed by atoms with E-state index in [0.717, 1.165) is 37.2 Å². The highest BCUT2D eigenvalue weighted by Crippen LogP contribution is 2.19. The predicted octanol–water partition coefficient (Wildman–Crippen LogP) is 1.68. The van der Waals surface area contributed by atoms with Gasteiger partial charge in [-0.05, 0) is 56.5 Å². The molecule has 2 atom stereocenters. The van der Waals surface area contributed by atoms with Crippen molar-refractivity contribution in [2.75, 3.05) is 26.0 Å². The third-order valence-corrected chi connectivity index (χ3v) is 5.45. The minimum Gasteiger partial charge on any atom is -0.497 e. The second-order valence-corrected chi connectivity index (χ2v) is 7.41. The first-order chi connectivity index (χ1) is 10.00. The van der Waals surface area contributed by atoms with Gasteiger partial charge in [0, 0.05) is 6.04 Å². The van der Waals surface area contributed by atoms with Crippen molar-refractivity contribution < 1.29 is 13.2 Å². The van der Waals surface area contributed by atoms with Crippen LogP contribution in [0.15, 0.2) is 24.3 Å². The van der Waals surface area contributed by atoms with Gasteiger partial charge in [-0.15, -0.1) is 0 Å². The largest absolute Gasteiger partial charge is 0.497 e. The Bertz CT molecular complexity index is 537. The van der Waals surface area contributed by atoms with Gasteiger partial charge in [0.25, 0.3) is 0 Å². The lowest BCUT2D eigenvalue weighted by Gasteiger charge is -2.23. The van der Waals surface area contributed by atoms with Gasteiger partial charge in [0.05, 0.1) is 12.9 Å². The molecule has 118 valence electrons. The number of hydrogen-bond donors (Lipinski definition) is 2. The van der Waals surface area contributed by atoms with Crippen molar-refractivity contribution in [2.45, 2.75) is 25.8 Å². The Kier molecular flexibility index (Phi) is 5.61. The fourth-order valence-corrected chi connectivity index (χ4v) is 4.33. The third kappa shape index (κ3) is 4.98. The van der Waals surface area contributed by atoms with E-state index in [0.29, 0.717) is 0 Å². The number of benzene rings is 1. The van der Waals surface area contributed by atoms with E-state index in [-0.39, 0.29) is 17.7 Å². The lowest BCUT2D eigenvalue weighted by molar-refractivity contribution is 0.402. The van der Waals surface area contributed by atoms with Gasteiger partial charge in [-0.3, -0.25) is 0 Å². The summed E-state index contributed by atoms with van der Waals surface area (Å²) >= 11 is 0. The van der Waals surface area contributed by atoms with Crippen molar-refractivity contribution in [2.24, 2.45) is 5.92 Å². The van der Waals surface area contributed by atoms with E-state index >= 15 is 0 Å². The molecule has 1 aromatic carbocycles. The topological polar surface area (TPSA) is 67.4 Å². The average Bonchev–Trinajstić information content (AvgIpc) is 2.47. The van der Waals surface area contributed by atoms with Gasteiger partial charge in [-0.1, -0.05) is 12.1 Å². The molecule has 0 amide bonds. The van der Waals surface area contributed by atoms with Gasteiger partial charge < -0.3 is 10.1 Å². The van der Waals surface area contributed by atoms with E-state index in [4.69, 9.17) is 4.74 Å². The molecule has 2 rings (SSSR count). The molecule has 0 saturated carbocycles. The number of ether oxygens (including phenoxy) is 1. The Hall–Kier alpha value is -1.11. The normalized spacial score (nSPS) is 21.0. The van der Waals surface area contributed by atoms with Crippen molar-refractivity contribution in [3.8, 4) is 5.75 Å². The summed E-state index contributed by atoms with van der Waals surface area (Å²) in [5.41, 5.74) is 0.932. The van der Waals surface area contributed by atoms with E-state index in [1.807, 2.05) is 31.2 Å². The Labute approximate surface area is 127 Å². The zero-order valence-corrected chi connectivity index (χ0v) is 13.4. The van der Waals surface area contributed by atoms with Crippen LogP contribution in [0.3, 0.4) is 0 Å². The Morgan fingerprint density at radius 3 is 2.67 bits per heavy atom. The summed E-state index contributed by atoms with van der Waals surface area (Å²) in [7, 11) is -1.66. The molecule has 1 aliphatic rings. The number of piperidine rings is 1. The maximum atomic E-state index is 12.2. The van der Waals surface area contributed by atoms with E-state index in [2.05, 4.69) is 10.0 Å². The fraction of sp³-hybridized carbons (Fsp3) is 0.600. The molecule has 0 radical (unpaired) electrons. The van der Waals surface area contributed by atoms with Crippen LogP contribution in [0.2, 0.25) is 0 Å². The highest BCUT2D eigenvalue weighted by molar-refractivity contribution is 7.89. The van der Waals surface area contributed by atoms with Gasteiger partial charge in [0.2, 0.25) is 10.0 Å². The SMILES string of the molecule is COc1ccc(C(C)NS(=O)(=O)CC2CCCNC2)cc1. The first-order valence-electron chi connectivity index (χ1n) is 7.35. The van der Waals surface area contributed by atoms with Gasteiger partial charge in [-0.25, -0.2) is 13.1 Å². The summed E-state index contributed by atoms with van der Waals surface area (Å²) in [5.74, 6) is 1.17. The molecule has 0 spiro atoms. The summed E-state index contributed by atoms with van der Waals surface area (Å²) in [4.78, 5) is 0. The van der Waals surface area contributed by atoms with Crippen LogP contribution in [-0.2, 0) is 10.0 Å². The van der Waals surface area contributed by atoms with E-state index in [1.165, 1.54) is 0 Å². The smallest absolute Gasteiger partial charge is 0.212 e. The molecule has 1 aliphatic heterocycles. The Morgan fingerprint density at radius 1 is 1.38 bits per heavy atom. The van der Waals surface area contributed by atoms with Crippen LogP contribution in [0.4, 0.5) is 0 Å². The number of sulfonamides is 1. The maximum Gasteiger partial charge on any atom is 0.212 e. The molecule has 1 fully saturated rings. The molecule has 2 N–H and O–H groups in total. The van der Waals surface area contributed by atoms with Crippen LogP contribution in [0.1, 0.15) is 31.4 Å². The van der Waals surface area contributed by atoms with Crippen molar-refractivity contribution >= 4 is 10.0 Å². The maximum absolute atomic E-state index is 12.2. The van der Waals surface area contributed by atoms with E-state index in [9.17, 15) is 8.42 Å². The summed E-state index contributed by atoms with van der Waals surface area (Å²) in [6.45, 7) is 3.64. The minimum absolute atomic E-state index is 0.195. The lowest BCUT2D eigenvalue weighted by Crippen LogP contribution is -2.38. The van der Waals surface area contributed by atoms with Crippen LogP contribution in [0.25, 0.3) is 0 Å². The predicted molar refractivity (Wildman–Crippen MR) is 83.9 cm³/mol. The van der Waals surface area contributed by atoms with Crippen molar-refractivity contribution in [1.82, 2.24) is 10.0 Å². The first-order valence-corrected chi connectivity index (χ1v) is 9.00. The minimum atomic E-state index is -3.27. The van der Waals surface area contributed by atoms with E-state index < -0.39 is 10.0 Å². The quantitative estimate of drug-likeness (QED) is 0.838. The third-order valence-electron chi connectivity index (χ3n) is 3.83. The van der Waals surface area contributed by atoms with Crippen LogP contribution < -0.4 is 14.8 Å². The van der Waals surface area contributed by atoms with Crippen molar-refractivity contribution in [3.05, 3.63) is 29.8 Å². The molecule has 6 heteroatoms. The summed E-state index contributed by atoms with van der Waals surface area (Å²) in [5, 5.41) is 3.25. The summed E-state index contributed by atoms with van der Waals surface area (Å²) < 4.78 is 32.3. The van der Waals surface area contributed by atoms with Crippen molar-refractivity contribution in [3.63, 3.8) is 0 Å². The molecule has 1 aromatic rings. The highest BCUT2D eigenvalue weighted by atomic mass is 32.2. The zero-order chi connectivity index (χ0) is 15.3. The van der Waals surface area contributed by atoms with Crippen LogP contribution >= 0.6 is 0 Å².